The van der Waals surface area contributed by atoms with Crippen LogP contribution in [0.15, 0.2) is 47.4 Å². The Morgan fingerprint density at radius 1 is 1.23 bits per heavy atom. The number of hydrogen-bond acceptors (Lipinski definition) is 5. The monoisotopic (exact) mass is 380 g/mol. The van der Waals surface area contributed by atoms with E-state index in [0.29, 0.717) is 5.56 Å². The van der Waals surface area contributed by atoms with E-state index in [-0.39, 0.29) is 28.5 Å². The van der Waals surface area contributed by atoms with E-state index in [9.17, 15) is 27.7 Å². The Kier molecular flexibility index (Phi) is 5.71. The largest absolute Gasteiger partial charge is 0.274 e. The Balaban J connectivity index is 2.12. The smallest absolute Gasteiger partial charge is 0.269 e. The molecule has 1 unspecified atom stereocenters. The van der Waals surface area contributed by atoms with E-state index in [1.807, 2.05) is 4.72 Å². The van der Waals surface area contributed by atoms with Gasteiger partial charge in [-0.15, -0.1) is 0 Å². The van der Waals surface area contributed by atoms with Crippen LogP contribution < -0.4 is 4.72 Å². The Morgan fingerprint density at radius 3 is 2.38 bits per heavy atom. The summed E-state index contributed by atoms with van der Waals surface area (Å²) in [4.78, 5) is 22.0. The normalized spacial score (nSPS) is 12.4. The van der Waals surface area contributed by atoms with Crippen LogP contribution in [-0.4, -0.2) is 19.2 Å². The van der Waals surface area contributed by atoms with E-state index in [2.05, 4.69) is 0 Å². The Bertz CT molecular complexity index is 942. The van der Waals surface area contributed by atoms with Gasteiger partial charge in [-0.05, 0) is 42.2 Å². The van der Waals surface area contributed by atoms with Crippen LogP contribution in [0.1, 0.15) is 30.4 Å². The second kappa shape index (κ2) is 7.61. The van der Waals surface area contributed by atoms with Gasteiger partial charge in [0.05, 0.1) is 9.82 Å². The maximum absolute atomic E-state index is 12.9. The van der Waals surface area contributed by atoms with Crippen LogP contribution >= 0.6 is 0 Å². The van der Waals surface area contributed by atoms with Crippen LogP contribution in [0.2, 0.25) is 0 Å². The van der Waals surface area contributed by atoms with Crippen LogP contribution in [-0.2, 0) is 14.8 Å². The second-order valence-corrected chi connectivity index (χ2v) is 7.54. The van der Waals surface area contributed by atoms with Crippen molar-refractivity contribution in [1.82, 2.24) is 4.72 Å². The van der Waals surface area contributed by atoms with Crippen LogP contribution in [0.25, 0.3) is 0 Å². The molecule has 1 amide bonds. The third-order valence-corrected chi connectivity index (χ3v) is 5.37. The van der Waals surface area contributed by atoms with Crippen LogP contribution in [0, 0.1) is 22.9 Å². The van der Waals surface area contributed by atoms with Gasteiger partial charge >= 0.3 is 0 Å². The number of nitro benzene ring substituents is 1. The molecule has 2 rings (SSSR count). The number of nitrogens with zero attached hydrogens (tertiary/aromatic N) is 1. The summed E-state index contributed by atoms with van der Waals surface area (Å²) in [5.41, 5.74) is 0.620. The summed E-state index contributed by atoms with van der Waals surface area (Å²) < 4.78 is 39.6. The summed E-state index contributed by atoms with van der Waals surface area (Å²) in [5.74, 6) is -1.44. The number of carbonyl (C=O) groups is 1. The fraction of sp³-hybridized carbons (Fsp3) is 0.235. The zero-order valence-electron chi connectivity index (χ0n) is 14.1. The summed E-state index contributed by atoms with van der Waals surface area (Å²) in [7, 11) is -4.15. The second-order valence-electron chi connectivity index (χ2n) is 5.89. The van der Waals surface area contributed by atoms with Gasteiger partial charge in [-0.25, -0.2) is 17.5 Å². The number of aryl methyl sites for hydroxylation is 1. The molecular weight excluding hydrogens is 363 g/mol. The van der Waals surface area contributed by atoms with Gasteiger partial charge in [-0.3, -0.25) is 14.9 Å². The molecular formula is C17H17FN2O5S. The van der Waals surface area contributed by atoms with Crippen molar-refractivity contribution < 1.29 is 22.5 Å². The number of benzene rings is 2. The summed E-state index contributed by atoms with van der Waals surface area (Å²) in [6, 6.07) is 8.87. The lowest BCUT2D eigenvalue weighted by atomic mass is 9.98. The Morgan fingerprint density at radius 2 is 1.85 bits per heavy atom. The van der Waals surface area contributed by atoms with Gasteiger partial charge in [-0.2, -0.15) is 0 Å². The predicted molar refractivity (Wildman–Crippen MR) is 92.6 cm³/mol. The number of halogens is 1. The van der Waals surface area contributed by atoms with E-state index in [1.165, 1.54) is 31.2 Å². The van der Waals surface area contributed by atoms with Gasteiger partial charge in [0.25, 0.3) is 15.7 Å². The SMILES string of the molecule is Cc1cc([N+](=O)[O-])ccc1S(=O)(=O)NC(=O)CC(C)c1ccc(F)cc1. The highest BCUT2D eigenvalue weighted by atomic mass is 32.2. The average molecular weight is 380 g/mol. The maximum Gasteiger partial charge on any atom is 0.269 e. The summed E-state index contributed by atoms with van der Waals surface area (Å²) in [6.45, 7) is 3.13. The fourth-order valence-corrected chi connectivity index (χ4v) is 3.71. The molecule has 138 valence electrons. The number of amides is 1. The van der Waals surface area contributed by atoms with Crippen molar-refractivity contribution in [2.24, 2.45) is 0 Å². The number of nitro groups is 1. The Hall–Kier alpha value is -2.81. The number of sulfonamides is 1. The van der Waals surface area contributed by atoms with Crippen molar-refractivity contribution in [3.8, 4) is 0 Å². The first-order valence-corrected chi connectivity index (χ1v) is 9.14. The van der Waals surface area contributed by atoms with Crippen molar-refractivity contribution in [2.45, 2.75) is 31.1 Å². The first-order valence-electron chi connectivity index (χ1n) is 7.66. The molecule has 0 aliphatic rings. The van der Waals surface area contributed by atoms with Crippen molar-refractivity contribution in [2.75, 3.05) is 0 Å². The van der Waals surface area contributed by atoms with Gasteiger partial charge in [0.1, 0.15) is 5.82 Å². The van der Waals surface area contributed by atoms with Crippen molar-refractivity contribution in [1.29, 1.82) is 0 Å². The van der Waals surface area contributed by atoms with Crippen molar-refractivity contribution in [3.05, 3.63) is 69.5 Å². The first kappa shape index (κ1) is 19.5. The van der Waals surface area contributed by atoms with Crippen LogP contribution in [0.3, 0.4) is 0 Å². The van der Waals surface area contributed by atoms with Crippen LogP contribution in [0.5, 0.6) is 0 Å². The molecule has 0 heterocycles. The lowest BCUT2D eigenvalue weighted by Crippen LogP contribution is -2.31. The molecule has 0 saturated heterocycles. The van der Waals surface area contributed by atoms with Crippen molar-refractivity contribution in [3.63, 3.8) is 0 Å². The fourth-order valence-electron chi connectivity index (χ4n) is 2.48. The molecule has 2 aromatic carbocycles. The van der Waals surface area contributed by atoms with E-state index in [4.69, 9.17) is 0 Å². The Labute approximate surface area is 150 Å². The highest BCUT2D eigenvalue weighted by molar-refractivity contribution is 7.90. The molecule has 0 fully saturated rings. The maximum atomic E-state index is 12.9. The molecule has 0 aliphatic carbocycles. The van der Waals surface area contributed by atoms with E-state index < -0.39 is 26.7 Å². The summed E-state index contributed by atoms with van der Waals surface area (Å²) in [5, 5.41) is 10.7. The topological polar surface area (TPSA) is 106 Å². The molecule has 2 aromatic rings. The van der Waals surface area contributed by atoms with Gasteiger partial charge in [0, 0.05) is 18.6 Å². The molecule has 7 nitrogen and oxygen atoms in total. The number of nitrogens with one attached hydrogen (secondary N) is 1. The summed E-state index contributed by atoms with van der Waals surface area (Å²) >= 11 is 0. The minimum absolute atomic E-state index is 0.114. The summed E-state index contributed by atoms with van der Waals surface area (Å²) in [6.07, 6.45) is -0.114. The third-order valence-electron chi connectivity index (χ3n) is 3.84. The highest BCUT2D eigenvalue weighted by Crippen LogP contribution is 2.22. The van der Waals surface area contributed by atoms with Gasteiger partial charge in [-0.1, -0.05) is 19.1 Å². The van der Waals surface area contributed by atoms with Gasteiger partial charge in [0.15, 0.2) is 0 Å². The number of non-ortho nitro benzene ring substituents is 1. The predicted octanol–water partition coefficient (Wildman–Crippen LogP) is 3.04. The zero-order valence-corrected chi connectivity index (χ0v) is 14.9. The molecule has 0 spiro atoms. The quantitative estimate of drug-likeness (QED) is 0.612. The first-order chi connectivity index (χ1) is 12.1. The van der Waals surface area contributed by atoms with Gasteiger partial charge < -0.3 is 0 Å². The molecule has 1 N–H and O–H groups in total. The van der Waals surface area contributed by atoms with E-state index in [1.54, 1.807) is 6.92 Å². The molecule has 0 aromatic heterocycles. The third kappa shape index (κ3) is 4.63. The molecule has 0 radical (unpaired) electrons. The molecule has 1 atom stereocenters. The number of hydrogen-bond donors (Lipinski definition) is 1. The molecule has 0 bridgehead atoms. The lowest BCUT2D eigenvalue weighted by molar-refractivity contribution is -0.385. The zero-order chi connectivity index (χ0) is 19.5. The molecule has 26 heavy (non-hydrogen) atoms. The number of carbonyl (C=O) groups excluding carboxylic acids is 1. The lowest BCUT2D eigenvalue weighted by Gasteiger charge is -2.13. The van der Waals surface area contributed by atoms with Crippen LogP contribution in [0.4, 0.5) is 10.1 Å². The van der Waals surface area contributed by atoms with Gasteiger partial charge in [0.2, 0.25) is 5.91 Å². The highest BCUT2D eigenvalue weighted by Gasteiger charge is 2.23. The minimum atomic E-state index is -4.15. The molecule has 0 aliphatic heterocycles. The average Bonchev–Trinajstić information content (AvgIpc) is 2.54. The molecule has 0 saturated carbocycles. The van der Waals surface area contributed by atoms with E-state index >= 15 is 0 Å². The minimum Gasteiger partial charge on any atom is -0.274 e. The van der Waals surface area contributed by atoms with Crippen molar-refractivity contribution >= 4 is 21.6 Å². The number of rotatable bonds is 6. The van der Waals surface area contributed by atoms with E-state index in [0.717, 1.165) is 18.2 Å². The standard InChI is InChI=1S/C17H17FN2O5S/c1-11(13-3-5-14(18)6-4-13)10-17(21)19-26(24,25)16-8-7-15(20(22)23)9-12(16)2/h3-9,11H,10H2,1-2H3,(H,19,21). The molecule has 9 heteroatoms.